The van der Waals surface area contributed by atoms with E-state index in [-0.39, 0.29) is 5.54 Å². The molecule has 1 aliphatic rings. The largest absolute Gasteiger partial charge is 0.497 e. The van der Waals surface area contributed by atoms with Crippen LogP contribution in [0.5, 0.6) is 5.75 Å². The van der Waals surface area contributed by atoms with Gasteiger partial charge in [-0.1, -0.05) is 12.1 Å². The van der Waals surface area contributed by atoms with Crippen molar-refractivity contribution >= 4 is 0 Å². The van der Waals surface area contributed by atoms with Gasteiger partial charge in [-0.05, 0) is 57.6 Å². The molecule has 1 aromatic carbocycles. The summed E-state index contributed by atoms with van der Waals surface area (Å²) in [6.45, 7) is 2.13. The van der Waals surface area contributed by atoms with E-state index in [9.17, 15) is 0 Å². The number of methoxy groups -OCH3 is 1. The molecule has 0 amide bonds. The molecule has 1 heterocycles. The van der Waals surface area contributed by atoms with Crippen molar-refractivity contribution in [1.29, 1.82) is 0 Å². The average molecular weight is 248 g/mol. The van der Waals surface area contributed by atoms with Gasteiger partial charge in [0.05, 0.1) is 12.6 Å². The topological polar surface area (TPSA) is 24.5 Å². The standard InChI is InChI=1S/C15H24N2O/c1-17(2)12-15(9-4-5-10-16-15)13-7-6-8-14(11-13)18-3/h6-8,11,16H,4-5,9-10,12H2,1-3H3. The second-order valence-corrected chi connectivity index (χ2v) is 5.44. The highest BCUT2D eigenvalue weighted by molar-refractivity contribution is 5.34. The van der Waals surface area contributed by atoms with Crippen LogP contribution in [-0.2, 0) is 5.54 Å². The van der Waals surface area contributed by atoms with Gasteiger partial charge in [0, 0.05) is 6.54 Å². The lowest BCUT2D eigenvalue weighted by molar-refractivity contribution is 0.190. The van der Waals surface area contributed by atoms with Crippen molar-refractivity contribution in [2.75, 3.05) is 34.3 Å². The van der Waals surface area contributed by atoms with E-state index in [1.807, 2.05) is 6.07 Å². The van der Waals surface area contributed by atoms with E-state index in [0.29, 0.717) is 0 Å². The molecule has 1 unspecified atom stereocenters. The molecule has 1 atom stereocenters. The molecular formula is C15H24N2O. The smallest absolute Gasteiger partial charge is 0.119 e. The summed E-state index contributed by atoms with van der Waals surface area (Å²) in [4.78, 5) is 2.26. The minimum atomic E-state index is 0.0797. The minimum Gasteiger partial charge on any atom is -0.497 e. The van der Waals surface area contributed by atoms with Crippen LogP contribution in [-0.4, -0.2) is 39.2 Å². The summed E-state index contributed by atoms with van der Waals surface area (Å²) in [5.41, 5.74) is 1.42. The predicted octanol–water partition coefficient (Wildman–Crippen LogP) is 2.23. The highest BCUT2D eigenvalue weighted by atomic mass is 16.5. The number of likely N-dealkylation sites (N-methyl/N-ethyl adjacent to an activating group) is 1. The molecule has 2 rings (SSSR count). The number of benzene rings is 1. The normalized spacial score (nSPS) is 24.2. The van der Waals surface area contributed by atoms with Gasteiger partial charge in [0.1, 0.15) is 5.75 Å². The molecule has 1 aliphatic heterocycles. The van der Waals surface area contributed by atoms with Crippen molar-refractivity contribution in [1.82, 2.24) is 10.2 Å². The maximum absolute atomic E-state index is 5.35. The lowest BCUT2D eigenvalue weighted by atomic mass is 9.81. The van der Waals surface area contributed by atoms with E-state index >= 15 is 0 Å². The van der Waals surface area contributed by atoms with E-state index in [1.165, 1.54) is 24.8 Å². The first-order valence-corrected chi connectivity index (χ1v) is 6.71. The van der Waals surface area contributed by atoms with Crippen LogP contribution in [0.3, 0.4) is 0 Å². The number of nitrogens with zero attached hydrogens (tertiary/aromatic N) is 1. The van der Waals surface area contributed by atoms with Crippen LogP contribution in [0.4, 0.5) is 0 Å². The van der Waals surface area contributed by atoms with Crippen molar-refractivity contribution in [3.05, 3.63) is 29.8 Å². The monoisotopic (exact) mass is 248 g/mol. The van der Waals surface area contributed by atoms with Crippen molar-refractivity contribution in [3.63, 3.8) is 0 Å². The van der Waals surface area contributed by atoms with E-state index in [4.69, 9.17) is 4.74 Å². The highest BCUT2D eigenvalue weighted by Gasteiger charge is 2.34. The van der Waals surface area contributed by atoms with Crippen molar-refractivity contribution in [3.8, 4) is 5.75 Å². The van der Waals surface area contributed by atoms with Crippen LogP contribution in [0.2, 0.25) is 0 Å². The molecule has 100 valence electrons. The second kappa shape index (κ2) is 5.72. The summed E-state index contributed by atoms with van der Waals surface area (Å²) in [7, 11) is 6.00. The zero-order chi connectivity index (χ0) is 13.0. The van der Waals surface area contributed by atoms with E-state index in [2.05, 4.69) is 42.5 Å². The number of nitrogens with one attached hydrogen (secondary N) is 1. The quantitative estimate of drug-likeness (QED) is 0.884. The van der Waals surface area contributed by atoms with Gasteiger partial charge in [0.25, 0.3) is 0 Å². The van der Waals surface area contributed by atoms with Crippen LogP contribution in [0.1, 0.15) is 24.8 Å². The summed E-state index contributed by atoms with van der Waals surface area (Å²) in [6.07, 6.45) is 3.76. The van der Waals surface area contributed by atoms with Crippen molar-refractivity contribution in [2.45, 2.75) is 24.8 Å². The number of hydrogen-bond acceptors (Lipinski definition) is 3. The van der Waals surface area contributed by atoms with Crippen LogP contribution < -0.4 is 10.1 Å². The highest BCUT2D eigenvalue weighted by Crippen LogP contribution is 2.32. The fourth-order valence-electron chi connectivity index (χ4n) is 2.90. The molecule has 0 aromatic heterocycles. The third-order valence-corrected chi connectivity index (χ3v) is 3.70. The zero-order valence-corrected chi connectivity index (χ0v) is 11.7. The number of ether oxygens (including phenoxy) is 1. The van der Waals surface area contributed by atoms with Gasteiger partial charge < -0.3 is 15.0 Å². The summed E-state index contributed by atoms with van der Waals surface area (Å²) >= 11 is 0. The Morgan fingerprint density at radius 2 is 2.17 bits per heavy atom. The molecule has 1 saturated heterocycles. The third kappa shape index (κ3) is 2.85. The molecule has 1 N–H and O–H groups in total. The lowest BCUT2D eigenvalue weighted by Gasteiger charge is -2.41. The fraction of sp³-hybridized carbons (Fsp3) is 0.600. The van der Waals surface area contributed by atoms with Gasteiger partial charge in [-0.15, -0.1) is 0 Å². The van der Waals surface area contributed by atoms with Crippen LogP contribution in [0.25, 0.3) is 0 Å². The first kappa shape index (κ1) is 13.4. The SMILES string of the molecule is COc1cccc(C2(CN(C)C)CCCCN2)c1. The van der Waals surface area contributed by atoms with Crippen LogP contribution in [0, 0.1) is 0 Å². The lowest BCUT2D eigenvalue weighted by Crippen LogP contribution is -2.52. The van der Waals surface area contributed by atoms with Crippen molar-refractivity contribution < 1.29 is 4.74 Å². The first-order valence-electron chi connectivity index (χ1n) is 6.71. The minimum absolute atomic E-state index is 0.0797. The van der Waals surface area contributed by atoms with E-state index in [0.717, 1.165) is 18.8 Å². The Bertz CT molecular complexity index is 384. The molecule has 0 saturated carbocycles. The molecule has 18 heavy (non-hydrogen) atoms. The molecular weight excluding hydrogens is 224 g/mol. The molecule has 0 aliphatic carbocycles. The Morgan fingerprint density at radius 1 is 1.33 bits per heavy atom. The molecule has 1 fully saturated rings. The van der Waals surface area contributed by atoms with Gasteiger partial charge >= 0.3 is 0 Å². The Labute approximate surface area is 110 Å². The fourth-order valence-corrected chi connectivity index (χ4v) is 2.90. The summed E-state index contributed by atoms with van der Waals surface area (Å²) in [6, 6.07) is 8.48. The Kier molecular flexibility index (Phi) is 4.25. The summed E-state index contributed by atoms with van der Waals surface area (Å²) in [5.74, 6) is 0.943. The second-order valence-electron chi connectivity index (χ2n) is 5.44. The molecule has 0 spiro atoms. The maximum Gasteiger partial charge on any atom is 0.119 e. The predicted molar refractivity (Wildman–Crippen MR) is 75.1 cm³/mol. The Morgan fingerprint density at radius 3 is 2.78 bits per heavy atom. The summed E-state index contributed by atoms with van der Waals surface area (Å²) < 4.78 is 5.35. The van der Waals surface area contributed by atoms with E-state index in [1.54, 1.807) is 7.11 Å². The zero-order valence-electron chi connectivity index (χ0n) is 11.7. The van der Waals surface area contributed by atoms with Crippen molar-refractivity contribution in [2.24, 2.45) is 0 Å². The van der Waals surface area contributed by atoms with Crippen LogP contribution >= 0.6 is 0 Å². The summed E-state index contributed by atoms with van der Waals surface area (Å²) in [5, 5.41) is 3.73. The molecule has 1 aromatic rings. The van der Waals surface area contributed by atoms with Crippen LogP contribution in [0.15, 0.2) is 24.3 Å². The molecule has 3 nitrogen and oxygen atoms in total. The number of piperidine rings is 1. The Hall–Kier alpha value is -1.06. The maximum atomic E-state index is 5.35. The van der Waals surface area contributed by atoms with Gasteiger partial charge in [-0.2, -0.15) is 0 Å². The molecule has 0 radical (unpaired) electrons. The van der Waals surface area contributed by atoms with Gasteiger partial charge in [-0.3, -0.25) is 0 Å². The van der Waals surface area contributed by atoms with Gasteiger partial charge in [0.2, 0.25) is 0 Å². The van der Waals surface area contributed by atoms with E-state index < -0.39 is 0 Å². The Balaban J connectivity index is 2.32. The molecule has 3 heteroatoms. The molecule has 0 bridgehead atoms. The van der Waals surface area contributed by atoms with Gasteiger partial charge in [-0.25, -0.2) is 0 Å². The average Bonchev–Trinajstić information content (AvgIpc) is 2.39. The number of rotatable bonds is 4. The first-order chi connectivity index (χ1) is 8.66. The third-order valence-electron chi connectivity index (χ3n) is 3.70. The number of hydrogen-bond donors (Lipinski definition) is 1. The van der Waals surface area contributed by atoms with Gasteiger partial charge in [0.15, 0.2) is 0 Å².